The van der Waals surface area contributed by atoms with Crippen molar-refractivity contribution in [3.63, 3.8) is 0 Å². The summed E-state index contributed by atoms with van der Waals surface area (Å²) in [5.74, 6) is 0.620. The summed E-state index contributed by atoms with van der Waals surface area (Å²) < 4.78 is 0. The first kappa shape index (κ1) is 14.9. The first-order chi connectivity index (χ1) is 8.09. The minimum Gasteiger partial charge on any atom is -0.396 e. The van der Waals surface area contributed by atoms with E-state index in [2.05, 4.69) is 17.1 Å². The number of hydrogen-bond acceptors (Lipinski definition) is 4. The lowest BCUT2D eigenvalue weighted by Gasteiger charge is -2.26. The maximum atomic E-state index is 9.17. The van der Waals surface area contributed by atoms with Gasteiger partial charge in [-0.3, -0.25) is 0 Å². The average Bonchev–Trinajstić information content (AvgIpc) is 2.81. The van der Waals surface area contributed by atoms with Gasteiger partial charge in [0.1, 0.15) is 0 Å². The van der Waals surface area contributed by atoms with Gasteiger partial charge in [-0.25, -0.2) is 0 Å². The zero-order chi connectivity index (χ0) is 12.7. The van der Waals surface area contributed by atoms with Crippen LogP contribution in [0.1, 0.15) is 26.7 Å². The maximum Gasteiger partial charge on any atom is 0.0518 e. The minimum atomic E-state index is -0.395. The highest BCUT2D eigenvalue weighted by molar-refractivity contribution is 4.76. The van der Waals surface area contributed by atoms with Crippen molar-refractivity contribution in [2.75, 3.05) is 45.9 Å². The lowest BCUT2D eigenvalue weighted by Crippen LogP contribution is -2.40. The molecule has 0 aromatic carbocycles. The van der Waals surface area contributed by atoms with E-state index in [9.17, 15) is 10.2 Å². The van der Waals surface area contributed by atoms with Crippen molar-refractivity contribution >= 4 is 0 Å². The lowest BCUT2D eigenvalue weighted by atomic mass is 9.93. The highest BCUT2D eigenvalue weighted by Gasteiger charge is 2.22. The van der Waals surface area contributed by atoms with E-state index in [0.717, 1.165) is 13.1 Å². The topological polar surface area (TPSA) is 55.7 Å². The third kappa shape index (κ3) is 5.34. The van der Waals surface area contributed by atoms with Crippen molar-refractivity contribution in [3.8, 4) is 0 Å². The van der Waals surface area contributed by atoms with Crippen LogP contribution in [-0.2, 0) is 0 Å². The number of aliphatic hydroxyl groups excluding tert-OH is 2. The normalized spacial score (nSPS) is 19.8. The van der Waals surface area contributed by atoms with Gasteiger partial charge in [-0.05, 0) is 38.4 Å². The molecule has 0 aromatic heterocycles. The molecule has 0 aliphatic carbocycles. The molecule has 1 aliphatic rings. The molecule has 4 heteroatoms. The number of aliphatic hydroxyl groups is 2. The minimum absolute atomic E-state index is 0.0248. The van der Waals surface area contributed by atoms with Crippen molar-refractivity contribution in [1.82, 2.24) is 10.2 Å². The van der Waals surface area contributed by atoms with Crippen LogP contribution in [0.25, 0.3) is 0 Å². The molecule has 0 saturated carbocycles. The molecule has 0 spiro atoms. The molecule has 4 nitrogen and oxygen atoms in total. The van der Waals surface area contributed by atoms with Gasteiger partial charge in [-0.2, -0.15) is 0 Å². The number of rotatable bonds is 8. The van der Waals surface area contributed by atoms with Crippen LogP contribution >= 0.6 is 0 Å². The van der Waals surface area contributed by atoms with Gasteiger partial charge in [0.05, 0.1) is 13.2 Å². The molecule has 0 aromatic rings. The molecular formula is C13H28N2O2. The van der Waals surface area contributed by atoms with E-state index in [4.69, 9.17) is 0 Å². The highest BCUT2D eigenvalue weighted by atomic mass is 16.3. The van der Waals surface area contributed by atoms with Gasteiger partial charge in [0.25, 0.3) is 0 Å². The zero-order valence-electron chi connectivity index (χ0n) is 11.3. The Balaban J connectivity index is 2.12. The summed E-state index contributed by atoms with van der Waals surface area (Å²) in [5, 5.41) is 21.7. The van der Waals surface area contributed by atoms with Crippen molar-refractivity contribution in [3.05, 3.63) is 0 Å². The van der Waals surface area contributed by atoms with Crippen molar-refractivity contribution in [2.45, 2.75) is 26.7 Å². The molecule has 1 atom stereocenters. The van der Waals surface area contributed by atoms with E-state index >= 15 is 0 Å². The molecule has 1 rings (SSSR count). The molecule has 1 aliphatic heterocycles. The molecule has 0 bridgehead atoms. The summed E-state index contributed by atoms with van der Waals surface area (Å²) in [5.41, 5.74) is -0.395. The Kier molecular flexibility index (Phi) is 6.41. The first-order valence-corrected chi connectivity index (χ1v) is 6.74. The molecule has 3 N–H and O–H groups in total. The number of likely N-dealkylation sites (tertiary alicyclic amines) is 1. The second kappa shape index (κ2) is 7.31. The second-order valence-corrected chi connectivity index (χ2v) is 5.87. The fraction of sp³-hybridized carbons (Fsp3) is 1.00. The van der Waals surface area contributed by atoms with Crippen LogP contribution in [0.2, 0.25) is 0 Å². The Labute approximate surface area is 105 Å². The van der Waals surface area contributed by atoms with Gasteiger partial charge in [0, 0.05) is 18.5 Å². The van der Waals surface area contributed by atoms with Crippen LogP contribution in [0.4, 0.5) is 0 Å². The Hall–Kier alpha value is -0.160. The summed E-state index contributed by atoms with van der Waals surface area (Å²) >= 11 is 0. The molecule has 0 radical (unpaired) electrons. The van der Waals surface area contributed by atoms with E-state index in [1.807, 2.05) is 6.92 Å². The highest BCUT2D eigenvalue weighted by Crippen LogP contribution is 2.13. The zero-order valence-corrected chi connectivity index (χ0v) is 11.3. The van der Waals surface area contributed by atoms with Gasteiger partial charge in [0.15, 0.2) is 0 Å². The SMILES string of the molecule is CC(CNCC(C)(CO)CO)CN1CCCC1. The molecule has 17 heavy (non-hydrogen) atoms. The molecule has 1 fully saturated rings. The Morgan fingerprint density at radius 3 is 2.35 bits per heavy atom. The van der Waals surface area contributed by atoms with Crippen LogP contribution in [0.5, 0.6) is 0 Å². The summed E-state index contributed by atoms with van der Waals surface area (Å²) in [6, 6.07) is 0. The predicted octanol–water partition coefficient (Wildman–Crippen LogP) is 0.299. The largest absolute Gasteiger partial charge is 0.396 e. The standard InChI is InChI=1S/C13H28N2O2/c1-12(8-15-5-3-4-6-15)7-14-9-13(2,10-16)11-17/h12,14,16-17H,3-11H2,1-2H3. The third-order valence-corrected chi connectivity index (χ3v) is 3.58. The molecule has 102 valence electrons. The van der Waals surface area contributed by atoms with E-state index in [-0.39, 0.29) is 13.2 Å². The number of nitrogens with zero attached hydrogens (tertiary/aromatic N) is 1. The van der Waals surface area contributed by atoms with Crippen LogP contribution in [0.15, 0.2) is 0 Å². The fourth-order valence-electron chi connectivity index (χ4n) is 2.25. The molecule has 0 amide bonds. The van der Waals surface area contributed by atoms with Crippen molar-refractivity contribution in [1.29, 1.82) is 0 Å². The monoisotopic (exact) mass is 244 g/mol. The summed E-state index contributed by atoms with van der Waals surface area (Å²) in [7, 11) is 0. The fourth-order valence-corrected chi connectivity index (χ4v) is 2.25. The Bertz CT molecular complexity index is 202. The van der Waals surface area contributed by atoms with Gasteiger partial charge in [-0.1, -0.05) is 13.8 Å². The summed E-state index contributed by atoms with van der Waals surface area (Å²) in [6.45, 7) is 9.46. The van der Waals surface area contributed by atoms with Crippen molar-refractivity contribution in [2.24, 2.45) is 11.3 Å². The van der Waals surface area contributed by atoms with Crippen LogP contribution in [0.3, 0.4) is 0 Å². The molecule has 1 heterocycles. The summed E-state index contributed by atoms with van der Waals surface area (Å²) in [6.07, 6.45) is 2.68. The Morgan fingerprint density at radius 2 is 1.82 bits per heavy atom. The van der Waals surface area contributed by atoms with Crippen molar-refractivity contribution < 1.29 is 10.2 Å². The third-order valence-electron chi connectivity index (χ3n) is 3.58. The maximum absolute atomic E-state index is 9.17. The van der Waals surface area contributed by atoms with E-state index in [1.54, 1.807) is 0 Å². The first-order valence-electron chi connectivity index (χ1n) is 6.74. The van der Waals surface area contributed by atoms with E-state index in [1.165, 1.54) is 25.9 Å². The quantitative estimate of drug-likeness (QED) is 0.575. The smallest absolute Gasteiger partial charge is 0.0518 e. The van der Waals surface area contributed by atoms with Gasteiger partial charge < -0.3 is 20.4 Å². The van der Waals surface area contributed by atoms with E-state index < -0.39 is 5.41 Å². The summed E-state index contributed by atoms with van der Waals surface area (Å²) in [4.78, 5) is 2.52. The van der Waals surface area contributed by atoms with Crippen LogP contribution in [0, 0.1) is 11.3 Å². The van der Waals surface area contributed by atoms with E-state index in [0.29, 0.717) is 12.5 Å². The van der Waals surface area contributed by atoms with Gasteiger partial charge >= 0.3 is 0 Å². The second-order valence-electron chi connectivity index (χ2n) is 5.87. The Morgan fingerprint density at radius 1 is 1.24 bits per heavy atom. The van der Waals surface area contributed by atoms with Crippen LogP contribution in [-0.4, -0.2) is 61.1 Å². The molecule has 1 unspecified atom stereocenters. The molecular weight excluding hydrogens is 216 g/mol. The molecule has 1 saturated heterocycles. The average molecular weight is 244 g/mol. The predicted molar refractivity (Wildman–Crippen MR) is 70.0 cm³/mol. The number of hydrogen-bond donors (Lipinski definition) is 3. The lowest BCUT2D eigenvalue weighted by molar-refractivity contribution is 0.0688. The number of nitrogens with one attached hydrogen (secondary N) is 1. The van der Waals surface area contributed by atoms with Gasteiger partial charge in [-0.15, -0.1) is 0 Å². The van der Waals surface area contributed by atoms with Crippen LogP contribution < -0.4 is 5.32 Å². The van der Waals surface area contributed by atoms with Gasteiger partial charge in [0.2, 0.25) is 0 Å².